The Bertz CT molecular complexity index is 1680. The van der Waals surface area contributed by atoms with Crippen LogP contribution in [0, 0.1) is 13.8 Å². The Morgan fingerprint density at radius 2 is 1.66 bits per heavy atom. The van der Waals surface area contributed by atoms with Gasteiger partial charge in [0.15, 0.2) is 10.8 Å². The van der Waals surface area contributed by atoms with E-state index >= 15 is 0 Å². The van der Waals surface area contributed by atoms with E-state index in [0.29, 0.717) is 38.8 Å². The largest absolute Gasteiger partial charge is 0.354 e. The number of aromatic nitrogens is 3. The molecule has 1 amide bonds. The first-order valence-electron chi connectivity index (χ1n) is 10.2. The fourth-order valence-corrected chi connectivity index (χ4v) is 5.80. The average molecular weight is 530 g/mol. The third-order valence-corrected chi connectivity index (χ3v) is 7.85. The Morgan fingerprint density at radius 3 is 2.34 bits per heavy atom. The maximum absolute atomic E-state index is 13.0. The number of rotatable bonds is 4. The SMILES string of the molecule is Cc1nn(-c2ccc(S(=O)(=O)/N=C3\SCC(=O)N3c3ccc(Cl)cc3)cc2)c(=O)c2c(C)noc12. The van der Waals surface area contributed by atoms with Crippen molar-refractivity contribution < 1.29 is 17.7 Å². The number of amides is 1. The molecule has 0 bridgehead atoms. The van der Waals surface area contributed by atoms with Gasteiger partial charge in [0.25, 0.3) is 15.6 Å². The number of sulfonamides is 1. The van der Waals surface area contributed by atoms with Crippen molar-refractivity contribution in [3.63, 3.8) is 0 Å². The molecule has 1 fully saturated rings. The van der Waals surface area contributed by atoms with Crippen molar-refractivity contribution >= 4 is 61.1 Å². The Labute approximate surface area is 208 Å². The van der Waals surface area contributed by atoms with Crippen molar-refractivity contribution in [2.24, 2.45) is 4.40 Å². The van der Waals surface area contributed by atoms with Gasteiger partial charge in [0, 0.05) is 5.02 Å². The quantitative estimate of drug-likeness (QED) is 0.393. The van der Waals surface area contributed by atoms with Gasteiger partial charge in [-0.15, -0.1) is 4.40 Å². The minimum Gasteiger partial charge on any atom is -0.354 e. The highest BCUT2D eigenvalue weighted by molar-refractivity contribution is 8.16. The van der Waals surface area contributed by atoms with Gasteiger partial charge < -0.3 is 4.52 Å². The molecule has 2 aromatic heterocycles. The molecular formula is C22H16ClN5O5S2. The molecule has 10 nitrogen and oxygen atoms in total. The maximum Gasteiger partial charge on any atom is 0.284 e. The number of hydrogen-bond acceptors (Lipinski definition) is 8. The molecule has 2 aromatic carbocycles. The van der Waals surface area contributed by atoms with Gasteiger partial charge in [-0.05, 0) is 62.4 Å². The second-order valence-electron chi connectivity index (χ2n) is 7.61. The van der Waals surface area contributed by atoms with Crippen molar-refractivity contribution in [2.75, 3.05) is 10.7 Å². The van der Waals surface area contributed by atoms with Crippen LogP contribution in [0.2, 0.25) is 5.02 Å². The summed E-state index contributed by atoms with van der Waals surface area (Å²) >= 11 is 6.95. The van der Waals surface area contributed by atoms with Gasteiger partial charge in [0.2, 0.25) is 5.91 Å². The second-order valence-corrected chi connectivity index (χ2v) is 10.6. The lowest BCUT2D eigenvalue weighted by atomic mass is 10.2. The summed E-state index contributed by atoms with van der Waals surface area (Å²) in [5, 5.41) is 8.92. The molecule has 0 atom stereocenters. The van der Waals surface area contributed by atoms with Crippen LogP contribution in [0.3, 0.4) is 0 Å². The smallest absolute Gasteiger partial charge is 0.284 e. The zero-order chi connectivity index (χ0) is 24.9. The van der Waals surface area contributed by atoms with Crippen LogP contribution >= 0.6 is 23.4 Å². The molecule has 0 saturated carbocycles. The standard InChI is InChI=1S/C22H16ClN5O5S2/c1-12-19-20(33-25-12)13(2)24-28(21(19)30)16-7-9-17(10-8-16)35(31,32)26-22-27(18(29)11-34-22)15-5-3-14(23)4-6-15/h3-10H,11H2,1-2H3/b26-22-. The molecule has 1 aliphatic heterocycles. The Balaban J connectivity index is 1.50. The number of carbonyl (C=O) groups is 1. The van der Waals surface area contributed by atoms with Crippen LogP contribution in [0.1, 0.15) is 11.4 Å². The topological polar surface area (TPSA) is 128 Å². The minimum absolute atomic E-state index is 0.0447. The third-order valence-electron chi connectivity index (χ3n) is 5.28. The third kappa shape index (κ3) is 4.13. The minimum atomic E-state index is -4.15. The summed E-state index contributed by atoms with van der Waals surface area (Å²) in [6.45, 7) is 3.34. The summed E-state index contributed by atoms with van der Waals surface area (Å²) in [6.07, 6.45) is 0. The summed E-state index contributed by atoms with van der Waals surface area (Å²) in [7, 11) is -4.15. The van der Waals surface area contributed by atoms with Crippen molar-refractivity contribution in [2.45, 2.75) is 18.7 Å². The average Bonchev–Trinajstić information content (AvgIpc) is 3.39. The molecule has 0 N–H and O–H groups in total. The predicted molar refractivity (Wildman–Crippen MR) is 133 cm³/mol. The lowest BCUT2D eigenvalue weighted by molar-refractivity contribution is -0.115. The monoisotopic (exact) mass is 529 g/mol. The number of hydrogen-bond donors (Lipinski definition) is 0. The predicted octanol–water partition coefficient (Wildman–Crippen LogP) is 3.47. The van der Waals surface area contributed by atoms with E-state index in [9.17, 15) is 18.0 Å². The van der Waals surface area contributed by atoms with Gasteiger partial charge in [-0.3, -0.25) is 14.5 Å². The molecule has 13 heteroatoms. The molecular weight excluding hydrogens is 514 g/mol. The van der Waals surface area contributed by atoms with Gasteiger partial charge in [0.05, 0.1) is 27.7 Å². The van der Waals surface area contributed by atoms with Crippen LogP contribution in [0.15, 0.2) is 67.1 Å². The number of amidine groups is 1. The van der Waals surface area contributed by atoms with Gasteiger partial charge in [0.1, 0.15) is 11.1 Å². The number of thioether (sulfide) groups is 1. The van der Waals surface area contributed by atoms with Gasteiger partial charge in [-0.2, -0.15) is 18.2 Å². The molecule has 0 aliphatic carbocycles. The van der Waals surface area contributed by atoms with E-state index in [1.165, 1.54) is 29.2 Å². The summed E-state index contributed by atoms with van der Waals surface area (Å²) in [4.78, 5) is 26.5. The van der Waals surface area contributed by atoms with E-state index in [4.69, 9.17) is 16.1 Å². The molecule has 1 aliphatic rings. The molecule has 0 spiro atoms. The van der Waals surface area contributed by atoms with Crippen LogP contribution in [-0.4, -0.2) is 40.2 Å². The first-order valence-corrected chi connectivity index (χ1v) is 13.0. The number of fused-ring (bicyclic) bond motifs is 1. The highest BCUT2D eigenvalue weighted by atomic mass is 35.5. The molecule has 5 rings (SSSR count). The fourth-order valence-electron chi connectivity index (χ4n) is 3.58. The van der Waals surface area contributed by atoms with Crippen molar-refractivity contribution in [1.29, 1.82) is 0 Å². The van der Waals surface area contributed by atoms with Crippen molar-refractivity contribution in [1.82, 2.24) is 14.9 Å². The normalized spacial score (nSPS) is 15.5. The van der Waals surface area contributed by atoms with E-state index in [1.807, 2.05) is 0 Å². The van der Waals surface area contributed by atoms with E-state index in [2.05, 4.69) is 14.7 Å². The Kier molecular flexibility index (Phi) is 5.74. The van der Waals surface area contributed by atoms with Crippen LogP contribution in [0.25, 0.3) is 16.7 Å². The van der Waals surface area contributed by atoms with E-state index < -0.39 is 15.6 Å². The van der Waals surface area contributed by atoms with Gasteiger partial charge in [-0.1, -0.05) is 28.5 Å². The number of halogens is 1. The van der Waals surface area contributed by atoms with Gasteiger partial charge in [-0.25, -0.2) is 0 Å². The zero-order valence-electron chi connectivity index (χ0n) is 18.3. The summed E-state index contributed by atoms with van der Waals surface area (Å²) in [5.74, 6) is -0.226. The van der Waals surface area contributed by atoms with E-state index in [-0.39, 0.29) is 21.7 Å². The summed E-state index contributed by atoms with van der Waals surface area (Å²) in [6, 6.07) is 12.0. The number of aryl methyl sites for hydroxylation is 2. The Morgan fingerprint density at radius 1 is 1.00 bits per heavy atom. The fraction of sp³-hybridized carbons (Fsp3) is 0.136. The highest BCUT2D eigenvalue weighted by Crippen LogP contribution is 2.29. The lowest BCUT2D eigenvalue weighted by Crippen LogP contribution is -2.29. The van der Waals surface area contributed by atoms with Crippen LogP contribution in [-0.2, 0) is 14.8 Å². The highest BCUT2D eigenvalue weighted by Gasteiger charge is 2.32. The number of benzene rings is 2. The first-order chi connectivity index (χ1) is 16.7. The number of carbonyl (C=O) groups excluding carboxylic acids is 1. The molecule has 3 heterocycles. The number of nitrogens with zero attached hydrogens (tertiary/aromatic N) is 5. The van der Waals surface area contributed by atoms with E-state index in [1.54, 1.807) is 38.1 Å². The molecule has 178 valence electrons. The summed E-state index contributed by atoms with van der Waals surface area (Å²) < 4.78 is 36.3. The maximum atomic E-state index is 13.0. The molecule has 0 unspecified atom stereocenters. The van der Waals surface area contributed by atoms with Crippen molar-refractivity contribution in [3.05, 3.63) is 75.3 Å². The van der Waals surface area contributed by atoms with Crippen molar-refractivity contribution in [3.8, 4) is 5.69 Å². The second kappa shape index (κ2) is 8.63. The number of anilines is 1. The molecule has 1 saturated heterocycles. The lowest BCUT2D eigenvalue weighted by Gasteiger charge is -2.16. The first kappa shape index (κ1) is 23.3. The summed E-state index contributed by atoms with van der Waals surface area (Å²) in [5.41, 5.74) is 1.61. The van der Waals surface area contributed by atoms with E-state index in [0.717, 1.165) is 16.4 Å². The zero-order valence-corrected chi connectivity index (χ0v) is 20.7. The van der Waals surface area contributed by atoms with Crippen LogP contribution in [0.4, 0.5) is 5.69 Å². The van der Waals surface area contributed by atoms with Crippen LogP contribution in [0.5, 0.6) is 0 Å². The molecule has 35 heavy (non-hydrogen) atoms. The van der Waals surface area contributed by atoms with Gasteiger partial charge >= 0.3 is 0 Å². The Hall–Kier alpha value is -3.48. The molecule has 4 aromatic rings. The van der Waals surface area contributed by atoms with Crippen LogP contribution < -0.4 is 10.5 Å². The molecule has 0 radical (unpaired) electrons.